The number of imidazole rings is 1. The number of nitrogens with zero attached hydrogens (tertiary/aromatic N) is 1. The second-order valence-electron chi connectivity index (χ2n) is 5.41. The minimum atomic E-state index is -2.87. The van der Waals surface area contributed by atoms with Gasteiger partial charge in [-0.05, 0) is 24.4 Å². The van der Waals surface area contributed by atoms with Crippen molar-refractivity contribution in [3.8, 4) is 11.4 Å². The van der Waals surface area contributed by atoms with E-state index < -0.39 is 6.61 Å². The Morgan fingerprint density at radius 3 is 2.50 bits per heavy atom. The Balaban J connectivity index is 2.64. The number of halogens is 2. The highest BCUT2D eigenvalue weighted by molar-refractivity contribution is 7.71. The monoisotopic (exact) mass is 298 g/mol. The summed E-state index contributed by atoms with van der Waals surface area (Å²) >= 11 is 5.26. The lowest BCUT2D eigenvalue weighted by Crippen LogP contribution is -2.17. The number of alkyl halides is 2. The lowest BCUT2D eigenvalue weighted by Gasteiger charge is -2.22. The van der Waals surface area contributed by atoms with Gasteiger partial charge in [-0.15, -0.1) is 0 Å². The number of ether oxygens (including phenoxy) is 1. The van der Waals surface area contributed by atoms with Gasteiger partial charge in [0.2, 0.25) is 0 Å². The number of para-hydroxylation sites is 2. The molecule has 1 heterocycles. The van der Waals surface area contributed by atoms with E-state index in [0.29, 0.717) is 10.5 Å². The predicted octanol–water partition coefficient (Wildman–Crippen LogP) is 4.43. The van der Waals surface area contributed by atoms with Crippen LogP contribution in [0.2, 0.25) is 0 Å². The van der Waals surface area contributed by atoms with E-state index in [1.54, 1.807) is 29.0 Å². The molecule has 0 bridgehead atoms. The molecule has 0 aliphatic heterocycles. The zero-order chi connectivity index (χ0) is 14.9. The molecule has 0 radical (unpaired) electrons. The van der Waals surface area contributed by atoms with Gasteiger partial charge in [-0.2, -0.15) is 8.78 Å². The van der Waals surface area contributed by atoms with Crippen molar-refractivity contribution >= 4 is 12.2 Å². The number of nitrogens with one attached hydrogen (secondary N) is 1. The van der Waals surface area contributed by atoms with Gasteiger partial charge in [-0.1, -0.05) is 32.9 Å². The second kappa shape index (κ2) is 5.36. The fraction of sp³-hybridized carbons (Fsp3) is 0.357. The maximum absolute atomic E-state index is 12.5. The number of benzene rings is 1. The Morgan fingerprint density at radius 2 is 1.90 bits per heavy atom. The molecule has 3 nitrogen and oxygen atoms in total. The normalized spacial score (nSPS) is 11.9. The van der Waals surface area contributed by atoms with Crippen molar-refractivity contribution in [2.45, 2.75) is 32.8 Å². The fourth-order valence-corrected chi connectivity index (χ4v) is 2.25. The van der Waals surface area contributed by atoms with E-state index in [0.717, 1.165) is 5.69 Å². The molecule has 1 aromatic carbocycles. The van der Waals surface area contributed by atoms with E-state index in [1.807, 2.05) is 20.8 Å². The number of aromatic nitrogens is 2. The minimum Gasteiger partial charge on any atom is -0.433 e. The first kappa shape index (κ1) is 14.7. The highest BCUT2D eigenvalue weighted by Crippen LogP contribution is 2.30. The standard InChI is InChI=1S/C14H16F2N2OS/c1-14(2,3)11-8-17-13(20)18(11)9-6-4-5-7-10(9)19-12(15)16/h4-8,12H,1-3H3,(H,17,20). The Kier molecular flexibility index (Phi) is 3.94. The number of H-pyrrole nitrogens is 1. The Hall–Kier alpha value is -1.69. The molecule has 2 aromatic rings. The van der Waals surface area contributed by atoms with Crippen LogP contribution >= 0.6 is 12.2 Å². The molecule has 1 N–H and O–H groups in total. The molecule has 0 saturated carbocycles. The van der Waals surface area contributed by atoms with E-state index in [9.17, 15) is 8.78 Å². The van der Waals surface area contributed by atoms with Crippen LogP contribution in [0.1, 0.15) is 26.5 Å². The molecule has 1 aromatic heterocycles. The van der Waals surface area contributed by atoms with Gasteiger partial charge >= 0.3 is 6.61 Å². The first-order valence-electron chi connectivity index (χ1n) is 6.16. The summed E-state index contributed by atoms with van der Waals surface area (Å²) < 4.78 is 31.8. The van der Waals surface area contributed by atoms with Crippen LogP contribution in [0.25, 0.3) is 5.69 Å². The van der Waals surface area contributed by atoms with Gasteiger partial charge in [0.1, 0.15) is 5.75 Å². The average Bonchev–Trinajstić information content (AvgIpc) is 2.71. The molecule has 108 valence electrons. The van der Waals surface area contributed by atoms with Gasteiger partial charge in [0.15, 0.2) is 4.77 Å². The molecule has 0 aliphatic carbocycles. The smallest absolute Gasteiger partial charge is 0.387 e. The van der Waals surface area contributed by atoms with Crippen LogP contribution < -0.4 is 4.74 Å². The van der Waals surface area contributed by atoms with Crippen LogP contribution in [0.3, 0.4) is 0 Å². The summed E-state index contributed by atoms with van der Waals surface area (Å²) in [6.07, 6.45) is 1.79. The van der Waals surface area contributed by atoms with E-state index in [4.69, 9.17) is 12.2 Å². The molecule has 6 heteroatoms. The summed E-state index contributed by atoms with van der Waals surface area (Å²) in [4.78, 5) is 2.96. The van der Waals surface area contributed by atoms with Gasteiger partial charge in [0, 0.05) is 17.3 Å². The lowest BCUT2D eigenvalue weighted by molar-refractivity contribution is -0.0498. The maximum Gasteiger partial charge on any atom is 0.387 e. The molecule has 0 atom stereocenters. The Labute approximate surface area is 121 Å². The summed E-state index contributed by atoms with van der Waals surface area (Å²) in [7, 11) is 0. The topological polar surface area (TPSA) is 29.9 Å². The lowest BCUT2D eigenvalue weighted by atomic mass is 9.92. The molecule has 0 spiro atoms. The number of hydrogen-bond acceptors (Lipinski definition) is 2. The van der Waals surface area contributed by atoms with E-state index in [-0.39, 0.29) is 11.2 Å². The third-order valence-electron chi connectivity index (χ3n) is 2.87. The predicted molar refractivity (Wildman–Crippen MR) is 76.3 cm³/mol. The van der Waals surface area contributed by atoms with Crippen LogP contribution in [-0.4, -0.2) is 16.2 Å². The number of hydrogen-bond donors (Lipinski definition) is 1. The van der Waals surface area contributed by atoms with Crippen molar-refractivity contribution < 1.29 is 13.5 Å². The van der Waals surface area contributed by atoms with Crippen LogP contribution in [0, 0.1) is 4.77 Å². The highest BCUT2D eigenvalue weighted by Gasteiger charge is 2.22. The molecule has 0 fully saturated rings. The summed E-state index contributed by atoms with van der Waals surface area (Å²) in [5.74, 6) is 0.101. The van der Waals surface area contributed by atoms with Crippen molar-refractivity contribution in [2.24, 2.45) is 0 Å². The SMILES string of the molecule is CC(C)(C)c1c[nH]c(=S)n1-c1ccccc1OC(F)F. The van der Waals surface area contributed by atoms with Crippen LogP contribution in [0.15, 0.2) is 30.5 Å². The highest BCUT2D eigenvalue weighted by atomic mass is 32.1. The minimum absolute atomic E-state index is 0.101. The molecule has 0 saturated heterocycles. The molecule has 2 rings (SSSR count). The third-order valence-corrected chi connectivity index (χ3v) is 3.17. The summed E-state index contributed by atoms with van der Waals surface area (Å²) in [5.41, 5.74) is 1.21. The number of aromatic amines is 1. The number of rotatable bonds is 3. The summed E-state index contributed by atoms with van der Waals surface area (Å²) in [5, 5.41) is 0. The maximum atomic E-state index is 12.5. The van der Waals surface area contributed by atoms with Crippen LogP contribution in [-0.2, 0) is 5.41 Å². The molecule has 0 aliphatic rings. The van der Waals surface area contributed by atoms with Crippen molar-refractivity contribution in [1.29, 1.82) is 0 Å². The van der Waals surface area contributed by atoms with Gasteiger partial charge in [0.05, 0.1) is 5.69 Å². The van der Waals surface area contributed by atoms with Crippen molar-refractivity contribution in [1.82, 2.24) is 9.55 Å². The molecular weight excluding hydrogens is 282 g/mol. The second-order valence-corrected chi connectivity index (χ2v) is 5.80. The zero-order valence-electron chi connectivity index (χ0n) is 11.5. The van der Waals surface area contributed by atoms with Crippen LogP contribution in [0.4, 0.5) is 8.78 Å². The van der Waals surface area contributed by atoms with Gasteiger partial charge < -0.3 is 9.72 Å². The average molecular weight is 298 g/mol. The first-order chi connectivity index (χ1) is 9.30. The van der Waals surface area contributed by atoms with Crippen molar-refractivity contribution in [2.75, 3.05) is 0 Å². The largest absolute Gasteiger partial charge is 0.433 e. The third kappa shape index (κ3) is 2.90. The van der Waals surface area contributed by atoms with Crippen LogP contribution in [0.5, 0.6) is 5.75 Å². The fourth-order valence-electron chi connectivity index (χ4n) is 2.00. The van der Waals surface area contributed by atoms with E-state index in [2.05, 4.69) is 9.72 Å². The molecular formula is C14H16F2N2OS. The molecule has 20 heavy (non-hydrogen) atoms. The van der Waals surface area contributed by atoms with Gasteiger partial charge in [-0.3, -0.25) is 4.57 Å². The summed E-state index contributed by atoms with van der Waals surface area (Å²) in [6, 6.07) is 6.61. The first-order valence-corrected chi connectivity index (χ1v) is 6.56. The Morgan fingerprint density at radius 1 is 1.25 bits per heavy atom. The quantitative estimate of drug-likeness (QED) is 0.849. The zero-order valence-corrected chi connectivity index (χ0v) is 12.3. The summed E-state index contributed by atoms with van der Waals surface area (Å²) in [6.45, 7) is 3.20. The Bertz CT molecular complexity index is 656. The van der Waals surface area contributed by atoms with Gasteiger partial charge in [-0.25, -0.2) is 0 Å². The molecule has 0 amide bonds. The van der Waals surface area contributed by atoms with Crippen molar-refractivity contribution in [3.05, 3.63) is 40.9 Å². The van der Waals surface area contributed by atoms with Crippen molar-refractivity contribution in [3.63, 3.8) is 0 Å². The van der Waals surface area contributed by atoms with E-state index in [1.165, 1.54) is 6.07 Å². The van der Waals surface area contributed by atoms with E-state index >= 15 is 0 Å². The molecule has 0 unspecified atom stereocenters. The van der Waals surface area contributed by atoms with Gasteiger partial charge in [0.25, 0.3) is 0 Å².